The van der Waals surface area contributed by atoms with Crippen LogP contribution in [0.5, 0.6) is 5.75 Å². The summed E-state index contributed by atoms with van der Waals surface area (Å²) in [4.78, 5) is 16.4. The molecule has 164 valence electrons. The van der Waals surface area contributed by atoms with Gasteiger partial charge in [-0.2, -0.15) is 5.10 Å². The number of ether oxygens (including phenoxy) is 1. The minimum Gasteiger partial charge on any atom is -0.490 e. The maximum absolute atomic E-state index is 12.5. The van der Waals surface area contributed by atoms with Gasteiger partial charge in [0.05, 0.1) is 41.5 Å². The molecular weight excluding hydrogens is 394 g/mol. The highest BCUT2D eigenvalue weighted by Crippen LogP contribution is 2.34. The highest BCUT2D eigenvalue weighted by atomic mass is 16.5. The summed E-state index contributed by atoms with van der Waals surface area (Å²) in [6.45, 7) is 3.81. The number of nitrogens with zero attached hydrogens (tertiary/aromatic N) is 4. The van der Waals surface area contributed by atoms with Crippen molar-refractivity contribution >= 4 is 16.8 Å². The molecule has 2 N–H and O–H groups in total. The first-order chi connectivity index (χ1) is 15.0. The van der Waals surface area contributed by atoms with E-state index >= 15 is 0 Å². The summed E-state index contributed by atoms with van der Waals surface area (Å²) >= 11 is 0. The van der Waals surface area contributed by atoms with E-state index in [1.54, 1.807) is 11.9 Å². The molecular formula is C23H29N5O3. The summed E-state index contributed by atoms with van der Waals surface area (Å²) in [6, 6.07) is 6.13. The summed E-state index contributed by atoms with van der Waals surface area (Å²) in [5, 5.41) is 18.7. The number of likely N-dealkylation sites (tertiary alicyclic amines) is 1. The molecule has 1 aromatic heterocycles. The first-order valence-corrected chi connectivity index (χ1v) is 10.9. The Balaban J connectivity index is 1.24. The lowest BCUT2D eigenvalue weighted by Crippen LogP contribution is -2.54. The maximum atomic E-state index is 12.5. The second-order valence-electron chi connectivity index (χ2n) is 8.71. The molecule has 0 saturated carbocycles. The number of nitrogens with one attached hydrogen (secondary N) is 1. The number of aliphatic hydroxyl groups excluding tert-OH is 1. The number of carbonyl (C=O) groups is 1. The smallest absolute Gasteiger partial charge is 0.259 e. The van der Waals surface area contributed by atoms with Gasteiger partial charge in [0.25, 0.3) is 5.91 Å². The highest BCUT2D eigenvalue weighted by molar-refractivity contribution is 6.02. The minimum absolute atomic E-state index is 0.0467. The number of hydrogen-bond donors (Lipinski definition) is 2. The van der Waals surface area contributed by atoms with Crippen LogP contribution in [0.4, 0.5) is 0 Å². The Morgan fingerprint density at radius 3 is 2.77 bits per heavy atom. The van der Waals surface area contributed by atoms with Crippen LogP contribution in [0.2, 0.25) is 0 Å². The van der Waals surface area contributed by atoms with Gasteiger partial charge in [0.1, 0.15) is 11.9 Å². The third-order valence-corrected chi connectivity index (χ3v) is 6.76. The molecule has 2 aromatic rings. The predicted molar refractivity (Wildman–Crippen MR) is 117 cm³/mol. The molecule has 1 amide bonds. The molecule has 0 radical (unpaired) electrons. The van der Waals surface area contributed by atoms with Gasteiger partial charge in [-0.25, -0.2) is 0 Å². The Labute approximate surface area is 181 Å². The van der Waals surface area contributed by atoms with Gasteiger partial charge in [-0.05, 0) is 31.0 Å². The SMILES string of the molecule is CC1C=C2C(=O)N(C)C(CO)=C2N[C@H]1N1CCC(Oc2ccc3c(cnn3C)c2)CC1. The second-order valence-corrected chi connectivity index (χ2v) is 8.71. The maximum Gasteiger partial charge on any atom is 0.259 e. The summed E-state index contributed by atoms with van der Waals surface area (Å²) < 4.78 is 8.14. The average Bonchev–Trinajstić information content (AvgIpc) is 3.25. The molecule has 1 saturated heterocycles. The van der Waals surface area contributed by atoms with E-state index in [2.05, 4.69) is 34.4 Å². The lowest BCUT2D eigenvalue weighted by molar-refractivity contribution is -0.123. The number of rotatable bonds is 4. The Morgan fingerprint density at radius 2 is 2.03 bits per heavy atom. The predicted octanol–water partition coefficient (Wildman–Crippen LogP) is 1.58. The highest BCUT2D eigenvalue weighted by Gasteiger charge is 2.40. The van der Waals surface area contributed by atoms with Crippen LogP contribution in [-0.2, 0) is 11.8 Å². The van der Waals surface area contributed by atoms with Crippen LogP contribution in [0, 0.1) is 5.92 Å². The Bertz CT molecular complexity index is 1080. The lowest BCUT2D eigenvalue weighted by atomic mass is 9.94. The molecule has 8 heteroatoms. The molecule has 31 heavy (non-hydrogen) atoms. The number of aliphatic hydroxyl groups is 1. The van der Waals surface area contributed by atoms with Gasteiger partial charge in [0.2, 0.25) is 0 Å². The van der Waals surface area contributed by atoms with E-state index < -0.39 is 0 Å². The van der Waals surface area contributed by atoms with Crippen molar-refractivity contribution in [1.82, 2.24) is 24.9 Å². The molecule has 1 fully saturated rings. The number of likely N-dealkylation sites (N-methyl/N-ethyl adjacent to an activating group) is 1. The summed E-state index contributed by atoms with van der Waals surface area (Å²) in [5.41, 5.74) is 3.21. The van der Waals surface area contributed by atoms with E-state index in [1.165, 1.54) is 0 Å². The Morgan fingerprint density at radius 1 is 1.26 bits per heavy atom. The van der Waals surface area contributed by atoms with Crippen molar-refractivity contribution in [3.05, 3.63) is 47.4 Å². The van der Waals surface area contributed by atoms with E-state index in [0.29, 0.717) is 11.3 Å². The van der Waals surface area contributed by atoms with Gasteiger partial charge in [0.15, 0.2) is 0 Å². The molecule has 1 aromatic carbocycles. The van der Waals surface area contributed by atoms with Crippen molar-refractivity contribution in [3.8, 4) is 5.75 Å². The number of carbonyl (C=O) groups excluding carboxylic acids is 1. The standard InChI is InChI=1S/C23H29N5O3/c1-14-10-18-21(20(13-29)26(2)23(18)30)25-22(14)28-8-6-16(7-9-28)31-17-4-5-19-15(11-17)12-24-27(19)3/h4-5,10-12,14,16,22,25,29H,6-9,13H2,1-3H3/t14?,22-/m0/s1. The molecule has 2 atom stereocenters. The molecule has 0 aliphatic carbocycles. The zero-order valence-electron chi connectivity index (χ0n) is 18.2. The fourth-order valence-corrected chi connectivity index (χ4v) is 4.97. The van der Waals surface area contributed by atoms with Crippen molar-refractivity contribution in [2.75, 3.05) is 26.7 Å². The zero-order chi connectivity index (χ0) is 21.7. The fourth-order valence-electron chi connectivity index (χ4n) is 4.97. The molecule has 1 unspecified atom stereocenters. The van der Waals surface area contributed by atoms with Crippen molar-refractivity contribution in [2.45, 2.75) is 32.0 Å². The van der Waals surface area contributed by atoms with E-state index in [-0.39, 0.29) is 30.7 Å². The van der Waals surface area contributed by atoms with E-state index in [9.17, 15) is 9.90 Å². The van der Waals surface area contributed by atoms with Crippen LogP contribution in [0.1, 0.15) is 19.8 Å². The topological polar surface area (TPSA) is 82.9 Å². The number of piperidine rings is 1. The monoisotopic (exact) mass is 423 g/mol. The number of aromatic nitrogens is 2. The first-order valence-electron chi connectivity index (χ1n) is 10.9. The molecule has 5 rings (SSSR count). The zero-order valence-corrected chi connectivity index (χ0v) is 18.2. The van der Waals surface area contributed by atoms with Crippen LogP contribution >= 0.6 is 0 Å². The van der Waals surface area contributed by atoms with Crippen LogP contribution in [0.3, 0.4) is 0 Å². The molecule has 0 spiro atoms. The van der Waals surface area contributed by atoms with Crippen molar-refractivity contribution in [2.24, 2.45) is 13.0 Å². The van der Waals surface area contributed by atoms with Gasteiger partial charge in [-0.3, -0.25) is 14.4 Å². The van der Waals surface area contributed by atoms with Crippen LogP contribution in [0.25, 0.3) is 10.9 Å². The Hall–Kier alpha value is -2.84. The van der Waals surface area contributed by atoms with Gasteiger partial charge in [0, 0.05) is 38.5 Å². The lowest BCUT2D eigenvalue weighted by Gasteiger charge is -2.42. The largest absolute Gasteiger partial charge is 0.490 e. The van der Waals surface area contributed by atoms with E-state index in [0.717, 1.165) is 48.3 Å². The third kappa shape index (κ3) is 3.40. The molecule has 0 bridgehead atoms. The molecule has 8 nitrogen and oxygen atoms in total. The van der Waals surface area contributed by atoms with Crippen molar-refractivity contribution in [1.29, 1.82) is 0 Å². The number of amides is 1. The van der Waals surface area contributed by atoms with Gasteiger partial charge >= 0.3 is 0 Å². The quantitative estimate of drug-likeness (QED) is 0.777. The van der Waals surface area contributed by atoms with Gasteiger partial charge in [-0.1, -0.05) is 13.0 Å². The van der Waals surface area contributed by atoms with Crippen LogP contribution < -0.4 is 10.1 Å². The normalized spacial score (nSPS) is 25.1. The van der Waals surface area contributed by atoms with Crippen LogP contribution in [-0.4, -0.2) is 69.6 Å². The number of aryl methyl sites for hydroxylation is 1. The summed E-state index contributed by atoms with van der Waals surface area (Å²) in [5.74, 6) is 1.04. The first kappa shape index (κ1) is 20.1. The van der Waals surface area contributed by atoms with E-state index in [4.69, 9.17) is 4.74 Å². The van der Waals surface area contributed by atoms with Crippen molar-refractivity contribution in [3.63, 3.8) is 0 Å². The number of hydrogen-bond acceptors (Lipinski definition) is 6. The summed E-state index contributed by atoms with van der Waals surface area (Å²) in [6.07, 6.45) is 6.08. The average molecular weight is 424 g/mol. The van der Waals surface area contributed by atoms with Crippen LogP contribution in [0.15, 0.2) is 47.4 Å². The minimum atomic E-state index is -0.153. The fraction of sp³-hybridized carbons (Fsp3) is 0.478. The van der Waals surface area contributed by atoms with Crippen molar-refractivity contribution < 1.29 is 14.6 Å². The van der Waals surface area contributed by atoms with E-state index in [1.807, 2.05) is 30.1 Å². The number of fused-ring (bicyclic) bond motifs is 2. The molecule has 4 heterocycles. The van der Waals surface area contributed by atoms with Gasteiger partial charge in [-0.15, -0.1) is 0 Å². The summed E-state index contributed by atoms with van der Waals surface area (Å²) in [7, 11) is 3.66. The number of benzene rings is 1. The second kappa shape index (κ2) is 7.69. The third-order valence-electron chi connectivity index (χ3n) is 6.76. The molecule has 3 aliphatic rings. The van der Waals surface area contributed by atoms with Gasteiger partial charge < -0.3 is 20.1 Å². The molecule has 3 aliphatic heterocycles. The Kier molecular flexibility index (Phi) is 4.98.